The molecule has 0 spiro atoms. The molecule has 3 aromatic rings. The van der Waals surface area contributed by atoms with Crippen molar-refractivity contribution in [2.75, 3.05) is 30.5 Å². The molecule has 10 heteroatoms. The van der Waals surface area contributed by atoms with Crippen LogP contribution in [0.4, 0.5) is 15.9 Å². The van der Waals surface area contributed by atoms with Gasteiger partial charge in [0.25, 0.3) is 0 Å². The van der Waals surface area contributed by atoms with Crippen LogP contribution < -0.4 is 15.5 Å². The average Bonchev–Trinajstić information content (AvgIpc) is 2.88. The normalized spacial score (nSPS) is 11.4. The second-order valence-electron chi connectivity index (χ2n) is 7.78. The summed E-state index contributed by atoms with van der Waals surface area (Å²) in [5, 5.41) is 15.1. The van der Waals surface area contributed by atoms with Gasteiger partial charge >= 0.3 is 0 Å². The minimum absolute atomic E-state index is 0.0110. The van der Waals surface area contributed by atoms with Crippen LogP contribution in [0.1, 0.15) is 24.4 Å². The minimum atomic E-state index is -1.15. The number of rotatable bonds is 11. The number of carbonyl (C=O) groups excluding carboxylic acids is 3. The van der Waals surface area contributed by atoms with E-state index in [0.29, 0.717) is 11.4 Å². The number of carbonyl (C=O) groups is 3. The summed E-state index contributed by atoms with van der Waals surface area (Å²) >= 11 is 0. The standard InChI is InChI=1S/C26H27FN4O5/c1-36-17-16-29-26(35)25(18-5-11-21(32)12-6-18)31(20-9-7-19(27)8-10-20)24(34)14-13-23(33)30-22-4-2-3-15-28-22/h2-12,15,25,32H,13-14,16-17H2,1H3,(H,29,35)(H,28,30,33). The van der Waals surface area contributed by atoms with Crippen LogP contribution >= 0.6 is 0 Å². The van der Waals surface area contributed by atoms with E-state index in [-0.39, 0.29) is 37.4 Å². The molecule has 3 N–H and O–H groups in total. The van der Waals surface area contributed by atoms with Crippen LogP contribution in [-0.2, 0) is 19.1 Å². The number of phenolic OH excluding ortho intramolecular Hbond substituents is 1. The van der Waals surface area contributed by atoms with Gasteiger partial charge < -0.3 is 20.5 Å². The Morgan fingerprint density at radius 2 is 1.75 bits per heavy atom. The van der Waals surface area contributed by atoms with E-state index < -0.39 is 29.6 Å². The maximum Gasteiger partial charge on any atom is 0.247 e. The number of ether oxygens (including phenoxy) is 1. The van der Waals surface area contributed by atoms with Gasteiger partial charge in [-0.25, -0.2) is 9.37 Å². The number of nitrogens with zero attached hydrogens (tertiary/aromatic N) is 2. The van der Waals surface area contributed by atoms with E-state index in [0.717, 1.165) is 0 Å². The quantitative estimate of drug-likeness (QED) is 0.352. The third kappa shape index (κ3) is 7.34. The van der Waals surface area contributed by atoms with Gasteiger partial charge in [-0.05, 0) is 54.1 Å². The van der Waals surface area contributed by atoms with Crippen molar-refractivity contribution in [3.63, 3.8) is 0 Å². The molecular weight excluding hydrogens is 467 g/mol. The number of hydrogen-bond acceptors (Lipinski definition) is 6. The van der Waals surface area contributed by atoms with Crippen LogP contribution in [0.3, 0.4) is 0 Å². The van der Waals surface area contributed by atoms with Crippen LogP contribution in [-0.4, -0.2) is 48.1 Å². The Hall–Kier alpha value is -4.31. The second-order valence-corrected chi connectivity index (χ2v) is 7.78. The highest BCUT2D eigenvalue weighted by atomic mass is 19.1. The van der Waals surface area contributed by atoms with Crippen molar-refractivity contribution < 1.29 is 28.6 Å². The third-order valence-corrected chi connectivity index (χ3v) is 5.19. The van der Waals surface area contributed by atoms with Crippen molar-refractivity contribution in [2.24, 2.45) is 0 Å². The number of anilines is 2. The van der Waals surface area contributed by atoms with E-state index in [4.69, 9.17) is 4.74 Å². The molecule has 0 saturated heterocycles. The highest BCUT2D eigenvalue weighted by Gasteiger charge is 2.32. The summed E-state index contributed by atoms with van der Waals surface area (Å²) in [6.45, 7) is 0.452. The highest BCUT2D eigenvalue weighted by molar-refractivity contribution is 6.03. The summed E-state index contributed by atoms with van der Waals surface area (Å²) in [5.41, 5.74) is 0.685. The fraction of sp³-hybridized carbons (Fsp3) is 0.231. The lowest BCUT2D eigenvalue weighted by Gasteiger charge is -2.31. The second kappa shape index (κ2) is 13.0. The van der Waals surface area contributed by atoms with E-state index in [1.807, 2.05) is 0 Å². The molecule has 1 unspecified atom stereocenters. The van der Waals surface area contributed by atoms with Gasteiger partial charge in [0.1, 0.15) is 23.4 Å². The number of hydrogen-bond donors (Lipinski definition) is 3. The number of benzene rings is 2. The van der Waals surface area contributed by atoms with Crippen molar-refractivity contribution in [1.29, 1.82) is 0 Å². The van der Waals surface area contributed by atoms with Gasteiger partial charge in [-0.1, -0.05) is 18.2 Å². The number of halogens is 1. The largest absolute Gasteiger partial charge is 0.508 e. The van der Waals surface area contributed by atoms with Gasteiger partial charge in [0.2, 0.25) is 17.7 Å². The Kier molecular flexibility index (Phi) is 9.47. The monoisotopic (exact) mass is 494 g/mol. The maximum absolute atomic E-state index is 13.7. The predicted molar refractivity (Wildman–Crippen MR) is 132 cm³/mol. The lowest BCUT2D eigenvalue weighted by Crippen LogP contribution is -2.45. The molecule has 0 bridgehead atoms. The van der Waals surface area contributed by atoms with Crippen molar-refractivity contribution >= 4 is 29.2 Å². The smallest absolute Gasteiger partial charge is 0.247 e. The third-order valence-electron chi connectivity index (χ3n) is 5.19. The molecule has 3 rings (SSSR count). The summed E-state index contributed by atoms with van der Waals surface area (Å²) in [5.74, 6) is -1.63. The number of phenols is 1. The van der Waals surface area contributed by atoms with Crippen molar-refractivity contribution in [3.8, 4) is 5.75 Å². The molecule has 1 heterocycles. The van der Waals surface area contributed by atoms with Crippen LogP contribution in [0.5, 0.6) is 5.75 Å². The number of methoxy groups -OCH3 is 1. The molecule has 3 amide bonds. The summed E-state index contributed by atoms with van der Waals surface area (Å²) < 4.78 is 18.7. The molecule has 1 atom stereocenters. The average molecular weight is 495 g/mol. The molecule has 0 aliphatic heterocycles. The van der Waals surface area contributed by atoms with E-state index in [2.05, 4.69) is 15.6 Å². The number of amides is 3. The molecule has 36 heavy (non-hydrogen) atoms. The first-order chi connectivity index (χ1) is 17.4. The van der Waals surface area contributed by atoms with E-state index in [1.165, 1.54) is 66.7 Å². The summed E-state index contributed by atoms with van der Waals surface area (Å²) in [6.07, 6.45) is 1.14. The Morgan fingerprint density at radius 3 is 2.39 bits per heavy atom. The Labute approximate surface area is 207 Å². The number of pyridine rings is 1. The van der Waals surface area contributed by atoms with E-state index in [9.17, 15) is 23.9 Å². The van der Waals surface area contributed by atoms with Gasteiger partial charge in [0.15, 0.2) is 0 Å². The van der Waals surface area contributed by atoms with Gasteiger partial charge in [0.05, 0.1) is 6.61 Å². The van der Waals surface area contributed by atoms with Crippen molar-refractivity contribution in [3.05, 3.63) is 84.3 Å². The van der Waals surface area contributed by atoms with Gasteiger partial charge in [-0.2, -0.15) is 0 Å². The molecule has 188 valence electrons. The molecule has 9 nitrogen and oxygen atoms in total. The molecule has 0 aliphatic carbocycles. The minimum Gasteiger partial charge on any atom is -0.508 e. The van der Waals surface area contributed by atoms with E-state index >= 15 is 0 Å². The van der Waals surface area contributed by atoms with Crippen LogP contribution in [0.25, 0.3) is 0 Å². The zero-order chi connectivity index (χ0) is 25.9. The van der Waals surface area contributed by atoms with Crippen LogP contribution in [0, 0.1) is 5.82 Å². The Bertz CT molecular complexity index is 1160. The fourth-order valence-corrected chi connectivity index (χ4v) is 3.47. The van der Waals surface area contributed by atoms with Crippen LogP contribution in [0.15, 0.2) is 72.9 Å². The molecule has 2 aromatic carbocycles. The number of aromatic nitrogens is 1. The zero-order valence-corrected chi connectivity index (χ0v) is 19.7. The highest BCUT2D eigenvalue weighted by Crippen LogP contribution is 2.30. The number of aromatic hydroxyl groups is 1. The van der Waals surface area contributed by atoms with Gasteiger partial charge in [-0.15, -0.1) is 0 Å². The maximum atomic E-state index is 13.7. The molecule has 0 aliphatic rings. The Balaban J connectivity index is 1.89. The zero-order valence-electron chi connectivity index (χ0n) is 19.7. The first-order valence-corrected chi connectivity index (χ1v) is 11.2. The van der Waals surface area contributed by atoms with Crippen molar-refractivity contribution in [1.82, 2.24) is 10.3 Å². The molecule has 0 fully saturated rings. The van der Waals surface area contributed by atoms with Gasteiger partial charge in [0, 0.05) is 38.4 Å². The molecule has 0 saturated carbocycles. The predicted octanol–water partition coefficient (Wildman–Crippen LogP) is 3.18. The summed E-state index contributed by atoms with van der Waals surface area (Å²) in [7, 11) is 1.49. The molecule has 1 aromatic heterocycles. The van der Waals surface area contributed by atoms with E-state index in [1.54, 1.807) is 18.2 Å². The van der Waals surface area contributed by atoms with Gasteiger partial charge in [-0.3, -0.25) is 19.3 Å². The first kappa shape index (κ1) is 26.3. The SMILES string of the molecule is COCCNC(=O)C(c1ccc(O)cc1)N(C(=O)CCC(=O)Nc1ccccn1)c1ccc(F)cc1. The summed E-state index contributed by atoms with van der Waals surface area (Å²) in [6, 6.07) is 14.9. The summed E-state index contributed by atoms with van der Waals surface area (Å²) in [4.78, 5) is 44.4. The molecular formula is C26H27FN4O5. The lowest BCUT2D eigenvalue weighted by atomic mass is 10.0. The topological polar surface area (TPSA) is 121 Å². The molecule has 0 radical (unpaired) electrons. The lowest BCUT2D eigenvalue weighted by molar-refractivity contribution is -0.127. The van der Waals surface area contributed by atoms with Crippen molar-refractivity contribution in [2.45, 2.75) is 18.9 Å². The first-order valence-electron chi connectivity index (χ1n) is 11.2. The number of nitrogens with one attached hydrogen (secondary N) is 2. The fourth-order valence-electron chi connectivity index (χ4n) is 3.47. The van der Waals surface area contributed by atoms with Crippen LogP contribution in [0.2, 0.25) is 0 Å². The Morgan fingerprint density at radius 1 is 1.03 bits per heavy atom.